The first kappa shape index (κ1) is 20.0. The van der Waals surface area contributed by atoms with Crippen LogP contribution < -0.4 is 0 Å². The molecule has 0 amide bonds. The standard InChI is InChI=1S/C19H34O4/c1-3-4-5-6-7-8-9-10-11-12-13-14-16-17(18(20)21)15(2)19(22)23-16/h15-17H,3-14H2,1-2H3,(H,20,21)/t15-,16-,17+/m0/s1. The fraction of sp³-hybridized carbons (Fsp3) is 0.895. The molecule has 23 heavy (non-hydrogen) atoms. The lowest BCUT2D eigenvalue weighted by atomic mass is 9.89. The molecule has 0 unspecified atom stereocenters. The first-order chi connectivity index (χ1) is 11.1. The molecule has 0 spiro atoms. The minimum Gasteiger partial charge on any atom is -0.481 e. The summed E-state index contributed by atoms with van der Waals surface area (Å²) in [5.74, 6) is -2.43. The highest BCUT2D eigenvalue weighted by Gasteiger charge is 2.45. The summed E-state index contributed by atoms with van der Waals surface area (Å²) < 4.78 is 5.22. The normalized spacial score (nSPS) is 23.9. The zero-order chi connectivity index (χ0) is 17.1. The van der Waals surface area contributed by atoms with E-state index < -0.39 is 23.9 Å². The number of carbonyl (C=O) groups is 2. The van der Waals surface area contributed by atoms with E-state index in [0.717, 1.165) is 12.8 Å². The van der Waals surface area contributed by atoms with Gasteiger partial charge in [-0.05, 0) is 12.8 Å². The predicted molar refractivity (Wildman–Crippen MR) is 91.2 cm³/mol. The third-order valence-corrected chi connectivity index (χ3v) is 4.96. The molecule has 1 aliphatic heterocycles. The number of esters is 1. The number of ether oxygens (including phenoxy) is 1. The fourth-order valence-corrected chi connectivity index (χ4v) is 3.42. The van der Waals surface area contributed by atoms with Crippen molar-refractivity contribution < 1.29 is 19.4 Å². The highest BCUT2D eigenvalue weighted by Crippen LogP contribution is 2.31. The van der Waals surface area contributed by atoms with E-state index in [0.29, 0.717) is 6.42 Å². The van der Waals surface area contributed by atoms with Crippen LogP contribution in [0.25, 0.3) is 0 Å². The molecule has 1 rings (SSSR count). The van der Waals surface area contributed by atoms with Crippen LogP contribution in [0, 0.1) is 11.8 Å². The Morgan fingerprint density at radius 3 is 1.91 bits per heavy atom. The second kappa shape index (κ2) is 11.5. The minimum atomic E-state index is -0.906. The molecule has 0 radical (unpaired) electrons. The van der Waals surface area contributed by atoms with E-state index in [9.17, 15) is 14.7 Å². The zero-order valence-corrected chi connectivity index (χ0v) is 14.9. The van der Waals surface area contributed by atoms with Crippen molar-refractivity contribution in [3.05, 3.63) is 0 Å². The van der Waals surface area contributed by atoms with Gasteiger partial charge < -0.3 is 9.84 Å². The average molecular weight is 326 g/mol. The largest absolute Gasteiger partial charge is 0.481 e. The molecule has 0 bridgehead atoms. The van der Waals surface area contributed by atoms with E-state index in [4.69, 9.17) is 4.74 Å². The molecule has 1 aliphatic rings. The van der Waals surface area contributed by atoms with Crippen LogP contribution in [0.4, 0.5) is 0 Å². The molecule has 4 nitrogen and oxygen atoms in total. The summed E-state index contributed by atoms with van der Waals surface area (Å²) in [5.41, 5.74) is 0. The minimum absolute atomic E-state index is 0.356. The number of unbranched alkanes of at least 4 members (excludes halogenated alkanes) is 10. The molecule has 0 aromatic heterocycles. The van der Waals surface area contributed by atoms with E-state index >= 15 is 0 Å². The van der Waals surface area contributed by atoms with Crippen LogP contribution in [0.2, 0.25) is 0 Å². The SMILES string of the molecule is CCCCCCCCCCCCC[C@@H]1OC(=O)[C@@H](C)[C@H]1C(=O)O. The number of carboxylic acid groups (broad SMARTS) is 1. The molecule has 0 aromatic rings. The van der Waals surface area contributed by atoms with Crippen molar-refractivity contribution in [2.45, 2.75) is 97.0 Å². The highest BCUT2D eigenvalue weighted by atomic mass is 16.6. The Morgan fingerprint density at radius 2 is 1.43 bits per heavy atom. The summed E-state index contributed by atoms with van der Waals surface area (Å²) in [6.07, 6.45) is 14.2. The molecule has 0 aliphatic carbocycles. The monoisotopic (exact) mass is 326 g/mol. The Labute approximate surface area is 141 Å². The predicted octanol–water partition coefficient (Wildman–Crippen LogP) is 4.95. The lowest BCUT2D eigenvalue weighted by Gasteiger charge is -2.15. The van der Waals surface area contributed by atoms with Crippen molar-refractivity contribution in [2.75, 3.05) is 0 Å². The van der Waals surface area contributed by atoms with Crippen LogP contribution in [0.15, 0.2) is 0 Å². The van der Waals surface area contributed by atoms with Crippen LogP contribution in [0.3, 0.4) is 0 Å². The molecule has 134 valence electrons. The van der Waals surface area contributed by atoms with Crippen LogP contribution in [0.5, 0.6) is 0 Å². The van der Waals surface area contributed by atoms with Gasteiger partial charge in [-0.25, -0.2) is 0 Å². The van der Waals surface area contributed by atoms with Crippen molar-refractivity contribution in [1.29, 1.82) is 0 Å². The summed E-state index contributed by atoms with van der Waals surface area (Å²) in [6.45, 7) is 3.90. The van der Waals surface area contributed by atoms with Gasteiger partial charge in [0.25, 0.3) is 0 Å². The Bertz CT molecular complexity index is 353. The Morgan fingerprint density at radius 1 is 0.957 bits per heavy atom. The van der Waals surface area contributed by atoms with E-state index in [1.54, 1.807) is 6.92 Å². The molecular weight excluding hydrogens is 292 g/mol. The summed E-state index contributed by atoms with van der Waals surface area (Å²) >= 11 is 0. The van der Waals surface area contributed by atoms with E-state index in [-0.39, 0.29) is 5.97 Å². The smallest absolute Gasteiger partial charge is 0.311 e. The van der Waals surface area contributed by atoms with Crippen LogP contribution in [-0.4, -0.2) is 23.1 Å². The second-order valence-corrected chi connectivity index (χ2v) is 6.95. The third kappa shape index (κ3) is 7.36. The number of carbonyl (C=O) groups excluding carboxylic acids is 1. The maximum atomic E-state index is 11.5. The van der Waals surface area contributed by atoms with Gasteiger partial charge in [-0.15, -0.1) is 0 Å². The van der Waals surface area contributed by atoms with E-state index in [2.05, 4.69) is 6.92 Å². The first-order valence-electron chi connectivity index (χ1n) is 9.51. The van der Waals surface area contributed by atoms with Crippen molar-refractivity contribution in [2.24, 2.45) is 11.8 Å². The molecular formula is C19H34O4. The molecule has 0 aromatic carbocycles. The fourth-order valence-electron chi connectivity index (χ4n) is 3.42. The van der Waals surface area contributed by atoms with Crippen molar-refractivity contribution >= 4 is 11.9 Å². The van der Waals surface area contributed by atoms with Gasteiger partial charge in [0.1, 0.15) is 12.0 Å². The lowest BCUT2D eigenvalue weighted by Crippen LogP contribution is -2.27. The van der Waals surface area contributed by atoms with Crippen LogP contribution in [-0.2, 0) is 14.3 Å². The van der Waals surface area contributed by atoms with Gasteiger partial charge in [-0.3, -0.25) is 9.59 Å². The molecule has 1 heterocycles. The van der Waals surface area contributed by atoms with Crippen molar-refractivity contribution in [3.63, 3.8) is 0 Å². The maximum absolute atomic E-state index is 11.5. The van der Waals surface area contributed by atoms with Gasteiger partial charge in [-0.2, -0.15) is 0 Å². The summed E-state index contributed by atoms with van der Waals surface area (Å²) in [7, 11) is 0. The van der Waals surface area contributed by atoms with Gasteiger partial charge in [-0.1, -0.05) is 78.1 Å². The number of hydrogen-bond acceptors (Lipinski definition) is 3. The van der Waals surface area contributed by atoms with Crippen molar-refractivity contribution in [3.8, 4) is 0 Å². The Kier molecular flexibility index (Phi) is 9.97. The molecule has 3 atom stereocenters. The number of cyclic esters (lactones) is 1. The highest BCUT2D eigenvalue weighted by molar-refractivity contribution is 5.84. The number of carboxylic acids is 1. The summed E-state index contributed by atoms with van der Waals surface area (Å²) in [6, 6.07) is 0. The molecule has 0 saturated carbocycles. The molecule has 1 N–H and O–H groups in total. The second-order valence-electron chi connectivity index (χ2n) is 6.95. The van der Waals surface area contributed by atoms with Gasteiger partial charge in [0, 0.05) is 0 Å². The van der Waals surface area contributed by atoms with E-state index in [1.807, 2.05) is 0 Å². The number of hydrogen-bond donors (Lipinski definition) is 1. The van der Waals surface area contributed by atoms with Crippen molar-refractivity contribution in [1.82, 2.24) is 0 Å². The molecule has 1 saturated heterocycles. The molecule has 1 fully saturated rings. The quantitative estimate of drug-likeness (QED) is 0.384. The topological polar surface area (TPSA) is 63.6 Å². The van der Waals surface area contributed by atoms with Gasteiger partial charge in [0.2, 0.25) is 0 Å². The van der Waals surface area contributed by atoms with Crippen LogP contribution >= 0.6 is 0 Å². The average Bonchev–Trinajstić information content (AvgIpc) is 2.79. The Balaban J connectivity index is 2.00. The van der Waals surface area contributed by atoms with Gasteiger partial charge in [0.05, 0.1) is 5.92 Å². The third-order valence-electron chi connectivity index (χ3n) is 4.96. The summed E-state index contributed by atoms with van der Waals surface area (Å²) in [4.78, 5) is 22.8. The van der Waals surface area contributed by atoms with Gasteiger partial charge >= 0.3 is 11.9 Å². The number of aliphatic carboxylic acids is 1. The Hall–Kier alpha value is -1.06. The first-order valence-corrected chi connectivity index (χ1v) is 9.51. The molecule has 4 heteroatoms. The summed E-state index contributed by atoms with van der Waals surface area (Å²) in [5, 5.41) is 9.22. The van der Waals surface area contributed by atoms with Gasteiger partial charge in [0.15, 0.2) is 0 Å². The lowest BCUT2D eigenvalue weighted by molar-refractivity contribution is -0.144. The van der Waals surface area contributed by atoms with E-state index in [1.165, 1.54) is 57.8 Å². The van der Waals surface area contributed by atoms with Crippen LogP contribution in [0.1, 0.15) is 90.9 Å². The maximum Gasteiger partial charge on any atom is 0.311 e. The number of rotatable bonds is 13. The zero-order valence-electron chi connectivity index (χ0n) is 14.9.